The molecule has 1 amide bonds. The monoisotopic (exact) mass is 243 g/mol. The lowest BCUT2D eigenvalue weighted by Crippen LogP contribution is -2.49. The molecule has 102 valence electrons. The van der Waals surface area contributed by atoms with Crippen LogP contribution in [0, 0.1) is 0 Å². The van der Waals surface area contributed by atoms with E-state index in [2.05, 4.69) is 13.8 Å². The van der Waals surface area contributed by atoms with Gasteiger partial charge in [-0.25, -0.2) is 4.79 Å². The van der Waals surface area contributed by atoms with E-state index in [4.69, 9.17) is 4.74 Å². The number of carbonyl (C=O) groups is 1. The molecule has 0 bridgehead atoms. The third kappa shape index (κ3) is 5.42. The topological polar surface area (TPSA) is 29.5 Å². The number of amides is 1. The third-order valence-electron chi connectivity index (χ3n) is 2.80. The predicted octanol–water partition coefficient (Wildman–Crippen LogP) is 4.21. The molecule has 1 heterocycles. The molecule has 0 aromatic heterocycles. The second kappa shape index (κ2) is 6.87. The molecule has 1 saturated heterocycles. The van der Waals surface area contributed by atoms with Crippen LogP contribution in [0.1, 0.15) is 67.7 Å². The lowest BCUT2D eigenvalue weighted by molar-refractivity contribution is -0.0000293. The highest BCUT2D eigenvalue weighted by molar-refractivity contribution is 5.69. The maximum atomic E-state index is 11.9. The van der Waals surface area contributed by atoms with Gasteiger partial charge in [-0.15, -0.1) is 0 Å². The van der Waals surface area contributed by atoms with Gasteiger partial charge in [0.25, 0.3) is 0 Å². The zero-order valence-electron chi connectivity index (χ0n) is 12.5. The van der Waals surface area contributed by atoms with Gasteiger partial charge in [-0.2, -0.15) is 0 Å². The molecule has 1 aliphatic heterocycles. The summed E-state index contributed by atoms with van der Waals surface area (Å²) < 4.78 is 5.40. The van der Waals surface area contributed by atoms with Crippen LogP contribution in [-0.4, -0.2) is 28.7 Å². The van der Waals surface area contributed by atoms with Crippen molar-refractivity contribution in [2.24, 2.45) is 0 Å². The average Bonchev–Trinajstić information content (AvgIpc) is 2.17. The highest BCUT2D eigenvalue weighted by Crippen LogP contribution is 2.24. The van der Waals surface area contributed by atoms with Crippen LogP contribution in [0.25, 0.3) is 0 Å². The number of ether oxygens (including phenoxy) is 1. The summed E-state index contributed by atoms with van der Waals surface area (Å²) in [5, 5.41) is 0. The van der Waals surface area contributed by atoms with Crippen molar-refractivity contribution in [3.05, 3.63) is 0 Å². The first-order valence-electron chi connectivity index (χ1n) is 6.82. The van der Waals surface area contributed by atoms with E-state index < -0.39 is 5.60 Å². The van der Waals surface area contributed by atoms with E-state index >= 15 is 0 Å². The summed E-state index contributed by atoms with van der Waals surface area (Å²) in [7, 11) is 0. The molecule has 0 aromatic carbocycles. The Morgan fingerprint density at radius 3 is 1.88 bits per heavy atom. The molecule has 0 N–H and O–H groups in total. The molecular weight excluding hydrogens is 214 g/mol. The van der Waals surface area contributed by atoms with Gasteiger partial charge in [0.2, 0.25) is 0 Å². The lowest BCUT2D eigenvalue weighted by Gasteiger charge is -2.39. The van der Waals surface area contributed by atoms with Crippen molar-refractivity contribution in [1.29, 1.82) is 0 Å². The summed E-state index contributed by atoms with van der Waals surface area (Å²) >= 11 is 0. The SMILES string of the molecule is CC.CC1CCCC(C)N1C(=O)OC(C)(C)C. The van der Waals surface area contributed by atoms with Crippen molar-refractivity contribution in [2.45, 2.75) is 85.4 Å². The molecule has 0 aromatic rings. The Bertz CT molecular complexity index is 223. The van der Waals surface area contributed by atoms with Gasteiger partial charge in [-0.1, -0.05) is 13.8 Å². The Kier molecular flexibility index (Phi) is 6.58. The van der Waals surface area contributed by atoms with Crippen molar-refractivity contribution < 1.29 is 9.53 Å². The molecule has 2 atom stereocenters. The van der Waals surface area contributed by atoms with Gasteiger partial charge in [-0.05, 0) is 53.9 Å². The Hall–Kier alpha value is -0.730. The fraction of sp³-hybridized carbons (Fsp3) is 0.929. The summed E-state index contributed by atoms with van der Waals surface area (Å²) in [6, 6.07) is 0.618. The molecule has 0 aliphatic carbocycles. The van der Waals surface area contributed by atoms with Crippen molar-refractivity contribution in [2.75, 3.05) is 0 Å². The van der Waals surface area contributed by atoms with E-state index in [1.54, 1.807) is 0 Å². The maximum absolute atomic E-state index is 11.9. The van der Waals surface area contributed by atoms with Crippen LogP contribution in [0.15, 0.2) is 0 Å². The van der Waals surface area contributed by atoms with E-state index in [0.29, 0.717) is 12.1 Å². The highest BCUT2D eigenvalue weighted by Gasteiger charge is 2.32. The summed E-state index contributed by atoms with van der Waals surface area (Å²) in [6.45, 7) is 13.9. The second-order valence-corrected chi connectivity index (χ2v) is 5.52. The van der Waals surface area contributed by atoms with E-state index in [1.807, 2.05) is 39.5 Å². The van der Waals surface area contributed by atoms with Crippen LogP contribution in [0.5, 0.6) is 0 Å². The van der Waals surface area contributed by atoms with Crippen molar-refractivity contribution in [1.82, 2.24) is 4.90 Å². The Balaban J connectivity index is 0.00000121. The number of hydrogen-bond donors (Lipinski definition) is 0. The summed E-state index contributed by atoms with van der Waals surface area (Å²) in [4.78, 5) is 13.8. The molecule has 3 heteroatoms. The summed E-state index contributed by atoms with van der Waals surface area (Å²) in [5.74, 6) is 0. The van der Waals surface area contributed by atoms with Gasteiger partial charge in [0.1, 0.15) is 5.60 Å². The maximum Gasteiger partial charge on any atom is 0.410 e. The predicted molar refractivity (Wildman–Crippen MR) is 72.2 cm³/mol. The molecule has 3 nitrogen and oxygen atoms in total. The van der Waals surface area contributed by atoms with Crippen LogP contribution in [0.2, 0.25) is 0 Å². The third-order valence-corrected chi connectivity index (χ3v) is 2.80. The van der Waals surface area contributed by atoms with Crippen molar-refractivity contribution in [3.8, 4) is 0 Å². The van der Waals surface area contributed by atoms with Crippen molar-refractivity contribution in [3.63, 3.8) is 0 Å². The van der Waals surface area contributed by atoms with Crippen LogP contribution < -0.4 is 0 Å². The van der Waals surface area contributed by atoms with Gasteiger partial charge in [0, 0.05) is 12.1 Å². The molecule has 17 heavy (non-hydrogen) atoms. The average molecular weight is 243 g/mol. The standard InChI is InChI=1S/C12H23NO2.C2H6/c1-9-7-6-8-10(2)13(9)11(14)15-12(3,4)5;1-2/h9-10H,6-8H2,1-5H3;1-2H3. The van der Waals surface area contributed by atoms with E-state index in [-0.39, 0.29) is 6.09 Å². The Morgan fingerprint density at radius 2 is 1.53 bits per heavy atom. The Morgan fingerprint density at radius 1 is 1.12 bits per heavy atom. The normalized spacial score (nSPS) is 24.8. The molecule has 0 saturated carbocycles. The number of likely N-dealkylation sites (tertiary alicyclic amines) is 1. The molecule has 0 spiro atoms. The largest absolute Gasteiger partial charge is 0.444 e. The molecule has 1 fully saturated rings. The summed E-state index contributed by atoms with van der Waals surface area (Å²) in [5.41, 5.74) is -0.395. The Labute approximate surface area is 107 Å². The van der Waals surface area contributed by atoms with Crippen LogP contribution >= 0.6 is 0 Å². The minimum absolute atomic E-state index is 0.165. The zero-order chi connectivity index (χ0) is 13.6. The second-order valence-electron chi connectivity index (χ2n) is 5.52. The first-order chi connectivity index (χ1) is 7.81. The first kappa shape index (κ1) is 16.3. The number of carbonyl (C=O) groups excluding carboxylic acids is 1. The van der Waals surface area contributed by atoms with Crippen LogP contribution in [-0.2, 0) is 4.74 Å². The van der Waals surface area contributed by atoms with Crippen LogP contribution in [0.3, 0.4) is 0 Å². The number of piperidine rings is 1. The first-order valence-corrected chi connectivity index (χ1v) is 6.82. The van der Waals surface area contributed by atoms with E-state index in [0.717, 1.165) is 12.8 Å². The minimum atomic E-state index is -0.395. The fourth-order valence-electron chi connectivity index (χ4n) is 2.10. The van der Waals surface area contributed by atoms with Gasteiger partial charge in [0.05, 0.1) is 0 Å². The van der Waals surface area contributed by atoms with Crippen LogP contribution in [0.4, 0.5) is 4.79 Å². The number of nitrogens with zero attached hydrogens (tertiary/aromatic N) is 1. The molecule has 1 aliphatic rings. The fourth-order valence-corrected chi connectivity index (χ4v) is 2.10. The van der Waals surface area contributed by atoms with Gasteiger partial charge < -0.3 is 9.64 Å². The summed E-state index contributed by atoms with van der Waals surface area (Å²) in [6.07, 6.45) is 3.22. The number of rotatable bonds is 0. The molecular formula is C14H29NO2. The highest BCUT2D eigenvalue weighted by atomic mass is 16.6. The van der Waals surface area contributed by atoms with Gasteiger partial charge >= 0.3 is 6.09 Å². The smallest absolute Gasteiger partial charge is 0.410 e. The van der Waals surface area contributed by atoms with E-state index in [9.17, 15) is 4.79 Å². The van der Waals surface area contributed by atoms with Crippen molar-refractivity contribution >= 4 is 6.09 Å². The van der Waals surface area contributed by atoms with Gasteiger partial charge in [-0.3, -0.25) is 0 Å². The lowest BCUT2D eigenvalue weighted by atomic mass is 9.98. The quantitative estimate of drug-likeness (QED) is 0.638. The zero-order valence-corrected chi connectivity index (χ0v) is 12.5. The van der Waals surface area contributed by atoms with Gasteiger partial charge in [0.15, 0.2) is 0 Å². The molecule has 0 radical (unpaired) electrons. The number of hydrogen-bond acceptors (Lipinski definition) is 2. The molecule has 2 unspecified atom stereocenters. The van der Waals surface area contributed by atoms with E-state index in [1.165, 1.54) is 6.42 Å². The minimum Gasteiger partial charge on any atom is -0.444 e. The molecule has 1 rings (SSSR count).